The summed E-state index contributed by atoms with van der Waals surface area (Å²) in [5.41, 5.74) is 0.00570. The van der Waals surface area contributed by atoms with Crippen LogP contribution in [0.3, 0.4) is 0 Å². The third-order valence-electron chi connectivity index (χ3n) is 3.56. The van der Waals surface area contributed by atoms with Crippen LogP contribution in [0.2, 0.25) is 5.02 Å². The number of nitro benzene ring substituents is 1. The molecule has 0 spiro atoms. The Morgan fingerprint density at radius 3 is 2.39 bits per heavy atom. The zero-order valence-corrected chi connectivity index (χ0v) is 13.3. The van der Waals surface area contributed by atoms with Crippen LogP contribution in [0.15, 0.2) is 36.4 Å². The highest BCUT2D eigenvalue weighted by molar-refractivity contribution is 6.31. The van der Waals surface area contributed by atoms with E-state index in [9.17, 15) is 18.9 Å². The molecule has 0 aliphatic carbocycles. The molecule has 0 heterocycles. The Balaban J connectivity index is 2.25. The average Bonchev–Trinajstić information content (AvgIpc) is 2.44. The van der Waals surface area contributed by atoms with Crippen molar-refractivity contribution in [1.29, 1.82) is 0 Å². The minimum absolute atomic E-state index is 0.0643. The van der Waals surface area contributed by atoms with E-state index in [0.717, 1.165) is 18.2 Å². The van der Waals surface area contributed by atoms with Crippen LogP contribution in [0.1, 0.15) is 25.0 Å². The fraction of sp³-hybridized carbons (Fsp3) is 0.250. The van der Waals surface area contributed by atoms with Crippen molar-refractivity contribution >= 4 is 17.3 Å². The van der Waals surface area contributed by atoms with Crippen LogP contribution in [0.4, 0.5) is 14.5 Å². The van der Waals surface area contributed by atoms with Gasteiger partial charge in [-0.3, -0.25) is 10.1 Å². The number of benzene rings is 2. The highest BCUT2D eigenvalue weighted by Crippen LogP contribution is 2.29. The van der Waals surface area contributed by atoms with Gasteiger partial charge in [0.25, 0.3) is 5.69 Å². The van der Waals surface area contributed by atoms with Crippen LogP contribution in [0, 0.1) is 21.7 Å². The molecule has 0 amide bonds. The van der Waals surface area contributed by atoms with Gasteiger partial charge in [0.15, 0.2) is 0 Å². The first-order chi connectivity index (χ1) is 10.7. The lowest BCUT2D eigenvalue weighted by Crippen LogP contribution is -2.36. The van der Waals surface area contributed by atoms with Gasteiger partial charge in [0.2, 0.25) is 0 Å². The van der Waals surface area contributed by atoms with E-state index in [2.05, 4.69) is 5.32 Å². The molecular formula is C16H15ClF2N2O2. The molecule has 2 aromatic carbocycles. The summed E-state index contributed by atoms with van der Waals surface area (Å²) in [4.78, 5) is 10.5. The molecule has 4 nitrogen and oxygen atoms in total. The molecule has 0 saturated carbocycles. The topological polar surface area (TPSA) is 55.2 Å². The van der Waals surface area contributed by atoms with Crippen LogP contribution < -0.4 is 5.32 Å². The molecule has 1 N–H and O–H groups in total. The molecule has 7 heteroatoms. The fourth-order valence-electron chi connectivity index (χ4n) is 2.28. The van der Waals surface area contributed by atoms with E-state index in [-0.39, 0.29) is 22.8 Å². The summed E-state index contributed by atoms with van der Waals surface area (Å²) in [6.07, 6.45) is 0. The maximum atomic E-state index is 13.3. The van der Waals surface area contributed by atoms with E-state index in [1.54, 1.807) is 19.9 Å². The smallest absolute Gasteiger partial charge is 0.274 e. The monoisotopic (exact) mass is 340 g/mol. The summed E-state index contributed by atoms with van der Waals surface area (Å²) in [6.45, 7) is 3.67. The standard InChI is InChI=1S/C16H15ClF2N2O2/c1-16(2,13-5-3-12(19)8-14(13)17)20-9-10-7-11(18)4-6-15(10)21(22)23/h3-8,20H,9H2,1-2H3. The lowest BCUT2D eigenvalue weighted by atomic mass is 9.93. The number of hydrogen-bond acceptors (Lipinski definition) is 3. The number of nitro groups is 1. The fourth-order valence-corrected chi connectivity index (χ4v) is 2.69. The van der Waals surface area contributed by atoms with E-state index in [4.69, 9.17) is 11.6 Å². The molecule has 0 saturated heterocycles. The Morgan fingerprint density at radius 2 is 1.78 bits per heavy atom. The largest absolute Gasteiger partial charge is 0.303 e. The van der Waals surface area contributed by atoms with Gasteiger partial charge in [0.1, 0.15) is 11.6 Å². The van der Waals surface area contributed by atoms with Crippen molar-refractivity contribution in [1.82, 2.24) is 5.32 Å². The second-order valence-electron chi connectivity index (χ2n) is 5.63. The first-order valence-corrected chi connectivity index (χ1v) is 7.22. The Bertz CT molecular complexity index is 751. The van der Waals surface area contributed by atoms with E-state index < -0.39 is 22.1 Å². The molecule has 23 heavy (non-hydrogen) atoms. The molecule has 0 aliphatic rings. The van der Waals surface area contributed by atoms with Crippen molar-refractivity contribution < 1.29 is 13.7 Å². The third-order valence-corrected chi connectivity index (χ3v) is 3.88. The highest BCUT2D eigenvalue weighted by atomic mass is 35.5. The summed E-state index contributed by atoms with van der Waals surface area (Å²) in [7, 11) is 0. The molecule has 0 unspecified atom stereocenters. The SMILES string of the molecule is CC(C)(NCc1cc(F)ccc1[N+](=O)[O-])c1ccc(F)cc1Cl. The molecule has 0 radical (unpaired) electrons. The number of nitrogens with zero attached hydrogens (tertiary/aromatic N) is 1. The van der Waals surface area contributed by atoms with Crippen molar-refractivity contribution in [3.05, 3.63) is 74.3 Å². The zero-order chi connectivity index (χ0) is 17.2. The van der Waals surface area contributed by atoms with Gasteiger partial charge in [-0.1, -0.05) is 17.7 Å². The number of hydrogen-bond donors (Lipinski definition) is 1. The van der Waals surface area contributed by atoms with Crippen LogP contribution in [0.25, 0.3) is 0 Å². The predicted molar refractivity (Wildman–Crippen MR) is 84.3 cm³/mol. The minimum Gasteiger partial charge on any atom is -0.303 e. The maximum Gasteiger partial charge on any atom is 0.274 e. The van der Waals surface area contributed by atoms with Gasteiger partial charge in [-0.05, 0) is 43.7 Å². The molecular weight excluding hydrogens is 326 g/mol. The van der Waals surface area contributed by atoms with Gasteiger partial charge < -0.3 is 5.32 Å². The third kappa shape index (κ3) is 4.03. The molecule has 2 rings (SSSR count). The predicted octanol–water partition coefficient (Wildman–Crippen LogP) is 4.55. The molecule has 0 aliphatic heterocycles. The molecule has 0 fully saturated rings. The van der Waals surface area contributed by atoms with Gasteiger partial charge in [-0.2, -0.15) is 0 Å². The second kappa shape index (κ2) is 6.60. The first-order valence-electron chi connectivity index (χ1n) is 6.84. The summed E-state index contributed by atoms with van der Waals surface area (Å²) >= 11 is 6.05. The van der Waals surface area contributed by atoms with Crippen LogP contribution in [-0.4, -0.2) is 4.92 Å². The summed E-state index contributed by atoms with van der Waals surface area (Å²) in [6, 6.07) is 7.33. The number of halogens is 3. The quantitative estimate of drug-likeness (QED) is 0.641. The van der Waals surface area contributed by atoms with Gasteiger partial charge in [0.05, 0.1) is 4.92 Å². The Kier molecular flexibility index (Phi) is 4.97. The molecule has 0 bridgehead atoms. The van der Waals surface area contributed by atoms with Crippen molar-refractivity contribution in [3.63, 3.8) is 0 Å². The van der Waals surface area contributed by atoms with E-state index in [1.807, 2.05) is 0 Å². The zero-order valence-electron chi connectivity index (χ0n) is 12.6. The molecule has 0 aromatic heterocycles. The van der Waals surface area contributed by atoms with E-state index >= 15 is 0 Å². The van der Waals surface area contributed by atoms with E-state index in [1.165, 1.54) is 12.1 Å². The van der Waals surface area contributed by atoms with Crippen molar-refractivity contribution in [3.8, 4) is 0 Å². The van der Waals surface area contributed by atoms with Gasteiger partial charge in [0, 0.05) is 28.7 Å². The summed E-state index contributed by atoms with van der Waals surface area (Å²) in [5.74, 6) is -1.000. The van der Waals surface area contributed by atoms with Gasteiger partial charge >= 0.3 is 0 Å². The lowest BCUT2D eigenvalue weighted by molar-refractivity contribution is -0.385. The van der Waals surface area contributed by atoms with Crippen molar-refractivity contribution in [2.24, 2.45) is 0 Å². The normalized spacial score (nSPS) is 11.5. The molecule has 0 atom stereocenters. The van der Waals surface area contributed by atoms with Crippen molar-refractivity contribution in [2.45, 2.75) is 25.9 Å². The van der Waals surface area contributed by atoms with E-state index in [0.29, 0.717) is 5.56 Å². The van der Waals surface area contributed by atoms with Crippen molar-refractivity contribution in [2.75, 3.05) is 0 Å². The average molecular weight is 341 g/mol. The molecule has 2 aromatic rings. The minimum atomic E-state index is -0.690. The summed E-state index contributed by atoms with van der Waals surface area (Å²) in [5, 5.41) is 14.4. The van der Waals surface area contributed by atoms with Gasteiger partial charge in [-0.15, -0.1) is 0 Å². The molecule has 122 valence electrons. The number of rotatable bonds is 5. The summed E-state index contributed by atoms with van der Waals surface area (Å²) < 4.78 is 26.5. The second-order valence-corrected chi connectivity index (χ2v) is 6.04. The number of nitrogens with one attached hydrogen (secondary N) is 1. The Morgan fingerprint density at radius 1 is 1.17 bits per heavy atom. The maximum absolute atomic E-state index is 13.3. The first kappa shape index (κ1) is 17.3. The Labute approximate surface area is 137 Å². The van der Waals surface area contributed by atoms with Crippen LogP contribution in [0.5, 0.6) is 0 Å². The lowest BCUT2D eigenvalue weighted by Gasteiger charge is -2.28. The highest BCUT2D eigenvalue weighted by Gasteiger charge is 2.24. The van der Waals surface area contributed by atoms with Gasteiger partial charge in [-0.25, -0.2) is 8.78 Å². The van der Waals surface area contributed by atoms with Crippen LogP contribution in [-0.2, 0) is 12.1 Å². The van der Waals surface area contributed by atoms with Crippen LogP contribution >= 0.6 is 11.6 Å². The Hall–Kier alpha value is -2.05.